The van der Waals surface area contributed by atoms with Crippen molar-refractivity contribution in [1.29, 1.82) is 0 Å². The molecule has 7 nitrogen and oxygen atoms in total. The van der Waals surface area contributed by atoms with Gasteiger partial charge in [0, 0.05) is 7.05 Å². The monoisotopic (exact) mass is 425 g/mol. The Balaban J connectivity index is 1.73. The molecule has 0 aliphatic heterocycles. The van der Waals surface area contributed by atoms with Crippen molar-refractivity contribution in [1.82, 2.24) is 0 Å². The molecule has 0 N–H and O–H groups in total. The Labute approximate surface area is 174 Å². The maximum Gasteiger partial charge on any atom is 0.343 e. The van der Waals surface area contributed by atoms with Gasteiger partial charge in [0.15, 0.2) is 0 Å². The number of hydrogen-bond donors (Lipinski definition) is 0. The van der Waals surface area contributed by atoms with Gasteiger partial charge in [-0.15, -0.1) is 0 Å². The molecule has 0 heterocycles. The molecule has 8 heteroatoms. The summed E-state index contributed by atoms with van der Waals surface area (Å²) in [6.07, 6.45) is 0. The van der Waals surface area contributed by atoms with E-state index in [0.29, 0.717) is 11.3 Å². The first kappa shape index (κ1) is 21.1. The molecule has 3 rings (SSSR count). The van der Waals surface area contributed by atoms with E-state index in [-0.39, 0.29) is 16.2 Å². The molecule has 0 spiro atoms. The number of hydrogen-bond acceptors (Lipinski definition) is 6. The minimum atomic E-state index is -3.77. The summed E-state index contributed by atoms with van der Waals surface area (Å²) in [6, 6.07) is 20.0. The second-order valence-electron chi connectivity index (χ2n) is 6.24. The Morgan fingerprint density at radius 1 is 0.767 bits per heavy atom. The summed E-state index contributed by atoms with van der Waals surface area (Å²) < 4.78 is 36.6. The Bertz CT molecular complexity index is 1140. The normalized spacial score (nSPS) is 10.9. The van der Waals surface area contributed by atoms with Crippen molar-refractivity contribution in [3.05, 3.63) is 90.0 Å². The molecule has 0 atom stereocenters. The number of esters is 2. The second kappa shape index (κ2) is 8.79. The first-order valence-corrected chi connectivity index (χ1v) is 10.3. The van der Waals surface area contributed by atoms with Gasteiger partial charge in [-0.2, -0.15) is 0 Å². The van der Waals surface area contributed by atoms with Gasteiger partial charge in [0.1, 0.15) is 5.75 Å². The number of benzene rings is 3. The van der Waals surface area contributed by atoms with E-state index in [1.807, 2.05) is 0 Å². The average Bonchev–Trinajstić information content (AvgIpc) is 2.79. The van der Waals surface area contributed by atoms with Gasteiger partial charge in [-0.1, -0.05) is 18.2 Å². The molecule has 0 aromatic heterocycles. The Kier molecular flexibility index (Phi) is 6.17. The quantitative estimate of drug-likeness (QED) is 0.443. The highest BCUT2D eigenvalue weighted by atomic mass is 32.2. The van der Waals surface area contributed by atoms with Crippen molar-refractivity contribution in [2.45, 2.75) is 4.90 Å². The van der Waals surface area contributed by atoms with Crippen LogP contribution in [0.2, 0.25) is 0 Å². The van der Waals surface area contributed by atoms with E-state index in [4.69, 9.17) is 4.74 Å². The van der Waals surface area contributed by atoms with Crippen molar-refractivity contribution >= 4 is 27.6 Å². The average molecular weight is 425 g/mol. The SMILES string of the molecule is COC(=O)c1ccc(OC(=O)c2ccc(S(=O)(=O)N(C)c3ccccc3)cc2)cc1. The number of sulfonamides is 1. The lowest BCUT2D eigenvalue weighted by atomic mass is 10.2. The highest BCUT2D eigenvalue weighted by Gasteiger charge is 2.21. The number of carbonyl (C=O) groups excluding carboxylic acids is 2. The summed E-state index contributed by atoms with van der Waals surface area (Å²) >= 11 is 0. The third kappa shape index (κ3) is 4.49. The van der Waals surface area contributed by atoms with Crippen LogP contribution in [0.1, 0.15) is 20.7 Å². The second-order valence-corrected chi connectivity index (χ2v) is 8.21. The van der Waals surface area contributed by atoms with Gasteiger partial charge in [0.25, 0.3) is 10.0 Å². The van der Waals surface area contributed by atoms with E-state index in [2.05, 4.69) is 4.74 Å². The summed E-state index contributed by atoms with van der Waals surface area (Å²) in [4.78, 5) is 23.8. The smallest absolute Gasteiger partial charge is 0.343 e. The molecule has 3 aromatic carbocycles. The molecule has 0 bridgehead atoms. The van der Waals surface area contributed by atoms with Crippen molar-refractivity contribution in [3.63, 3.8) is 0 Å². The van der Waals surface area contributed by atoms with E-state index in [1.54, 1.807) is 30.3 Å². The van der Waals surface area contributed by atoms with Crippen molar-refractivity contribution < 1.29 is 27.5 Å². The first-order valence-electron chi connectivity index (χ1n) is 8.87. The van der Waals surface area contributed by atoms with Gasteiger partial charge in [0.05, 0.1) is 28.8 Å². The highest BCUT2D eigenvalue weighted by molar-refractivity contribution is 7.92. The number of rotatable bonds is 6. The standard InChI is InChI=1S/C22H19NO6S/c1-23(18-6-4-3-5-7-18)30(26,27)20-14-10-17(11-15-20)22(25)29-19-12-8-16(9-13-19)21(24)28-2/h3-15H,1-2H3. The largest absolute Gasteiger partial charge is 0.465 e. The molecule has 30 heavy (non-hydrogen) atoms. The van der Waals surface area contributed by atoms with Gasteiger partial charge >= 0.3 is 11.9 Å². The van der Waals surface area contributed by atoms with Crippen LogP contribution in [0.3, 0.4) is 0 Å². The molecule has 0 unspecified atom stereocenters. The molecule has 0 amide bonds. The zero-order chi connectivity index (χ0) is 21.7. The third-order valence-electron chi connectivity index (χ3n) is 4.35. The van der Waals surface area contributed by atoms with Crippen LogP contribution in [0.5, 0.6) is 5.75 Å². The van der Waals surface area contributed by atoms with Gasteiger partial charge in [-0.25, -0.2) is 18.0 Å². The van der Waals surface area contributed by atoms with Crippen LogP contribution < -0.4 is 9.04 Å². The van der Waals surface area contributed by atoms with E-state index in [0.717, 1.165) is 0 Å². The molecule has 0 fully saturated rings. The molecule has 0 aliphatic rings. The van der Waals surface area contributed by atoms with Crippen LogP contribution in [-0.4, -0.2) is 34.5 Å². The molecule has 0 saturated carbocycles. The number of methoxy groups -OCH3 is 1. The molecule has 0 aliphatic carbocycles. The molecule has 0 radical (unpaired) electrons. The van der Waals surface area contributed by atoms with E-state index in [1.165, 1.54) is 67.0 Å². The Morgan fingerprint density at radius 3 is 1.87 bits per heavy atom. The summed E-state index contributed by atoms with van der Waals surface area (Å²) in [5, 5.41) is 0. The van der Waals surface area contributed by atoms with E-state index >= 15 is 0 Å². The lowest BCUT2D eigenvalue weighted by Gasteiger charge is -2.19. The van der Waals surface area contributed by atoms with E-state index in [9.17, 15) is 18.0 Å². The molecular weight excluding hydrogens is 406 g/mol. The maximum absolute atomic E-state index is 12.8. The maximum atomic E-state index is 12.8. The Morgan fingerprint density at radius 2 is 1.30 bits per heavy atom. The lowest BCUT2D eigenvalue weighted by Crippen LogP contribution is -2.26. The van der Waals surface area contributed by atoms with Crippen LogP contribution >= 0.6 is 0 Å². The minimum Gasteiger partial charge on any atom is -0.465 e. The van der Waals surface area contributed by atoms with Crippen molar-refractivity contribution in [3.8, 4) is 5.75 Å². The zero-order valence-electron chi connectivity index (χ0n) is 16.3. The third-order valence-corrected chi connectivity index (χ3v) is 6.15. The van der Waals surface area contributed by atoms with Crippen molar-refractivity contribution in [2.24, 2.45) is 0 Å². The van der Waals surface area contributed by atoms with Gasteiger partial charge in [0.2, 0.25) is 0 Å². The lowest BCUT2D eigenvalue weighted by molar-refractivity contribution is 0.0600. The highest BCUT2D eigenvalue weighted by Crippen LogP contribution is 2.22. The van der Waals surface area contributed by atoms with Crippen molar-refractivity contribution in [2.75, 3.05) is 18.5 Å². The van der Waals surface area contributed by atoms with Crippen LogP contribution in [0.4, 0.5) is 5.69 Å². The number of carbonyl (C=O) groups is 2. The van der Waals surface area contributed by atoms with Crippen LogP contribution in [-0.2, 0) is 14.8 Å². The summed E-state index contributed by atoms with van der Waals surface area (Å²) in [5.74, 6) is -0.903. The predicted molar refractivity (Wildman–Crippen MR) is 111 cm³/mol. The fourth-order valence-electron chi connectivity index (χ4n) is 2.64. The molecule has 154 valence electrons. The first-order chi connectivity index (χ1) is 14.3. The number of ether oxygens (including phenoxy) is 2. The minimum absolute atomic E-state index is 0.0489. The molecular formula is C22H19NO6S. The van der Waals surface area contributed by atoms with Gasteiger partial charge in [-0.05, 0) is 60.7 Å². The molecule has 3 aromatic rings. The summed E-state index contributed by atoms with van der Waals surface area (Å²) in [7, 11) is -1.03. The topological polar surface area (TPSA) is 90.0 Å². The fraction of sp³-hybridized carbons (Fsp3) is 0.0909. The summed E-state index contributed by atoms with van der Waals surface area (Å²) in [5.41, 5.74) is 1.04. The number of nitrogens with zero attached hydrogens (tertiary/aromatic N) is 1. The number of anilines is 1. The molecule has 0 saturated heterocycles. The van der Waals surface area contributed by atoms with Gasteiger partial charge < -0.3 is 9.47 Å². The van der Waals surface area contributed by atoms with Gasteiger partial charge in [-0.3, -0.25) is 4.31 Å². The van der Waals surface area contributed by atoms with Crippen LogP contribution in [0.15, 0.2) is 83.8 Å². The Hall–Kier alpha value is -3.65. The predicted octanol–water partition coefficient (Wildman–Crippen LogP) is 3.52. The van der Waals surface area contributed by atoms with Crippen LogP contribution in [0, 0.1) is 0 Å². The zero-order valence-corrected chi connectivity index (χ0v) is 17.1. The van der Waals surface area contributed by atoms with Crippen LogP contribution in [0.25, 0.3) is 0 Å². The fourth-order valence-corrected chi connectivity index (χ4v) is 3.84. The summed E-state index contributed by atoms with van der Waals surface area (Å²) in [6.45, 7) is 0. The van der Waals surface area contributed by atoms with E-state index < -0.39 is 22.0 Å². The number of para-hydroxylation sites is 1.